The topological polar surface area (TPSA) is 52.6 Å². The number of methoxy groups -OCH3 is 2. The Kier molecular flexibility index (Phi) is 2.88. The summed E-state index contributed by atoms with van der Waals surface area (Å²) in [5.41, 5.74) is -0.526. The smallest absolute Gasteiger partial charge is 0.319 e. The van der Waals surface area contributed by atoms with Crippen LogP contribution < -0.4 is 4.74 Å². The Bertz CT molecular complexity index is 460. The molecule has 4 heteroatoms. The number of carbonyl (C=O) groups excluding carboxylic acids is 2. The Morgan fingerprint density at radius 3 is 2.35 bits per heavy atom. The van der Waals surface area contributed by atoms with Gasteiger partial charge in [0.25, 0.3) is 0 Å². The highest BCUT2D eigenvalue weighted by atomic mass is 16.5. The van der Waals surface area contributed by atoms with Crippen molar-refractivity contribution in [3.05, 3.63) is 29.8 Å². The van der Waals surface area contributed by atoms with Crippen molar-refractivity contribution in [1.82, 2.24) is 0 Å². The van der Waals surface area contributed by atoms with Crippen molar-refractivity contribution in [2.24, 2.45) is 5.41 Å². The van der Waals surface area contributed by atoms with Crippen LogP contribution in [0.15, 0.2) is 24.3 Å². The van der Waals surface area contributed by atoms with Crippen molar-refractivity contribution >= 4 is 11.8 Å². The van der Waals surface area contributed by atoms with Crippen LogP contribution in [0.25, 0.3) is 0 Å². The molecule has 0 saturated heterocycles. The van der Waals surface area contributed by atoms with Gasteiger partial charge in [-0.3, -0.25) is 9.59 Å². The van der Waals surface area contributed by atoms with Crippen molar-refractivity contribution in [3.63, 3.8) is 0 Å². The van der Waals surface area contributed by atoms with Crippen LogP contribution in [-0.4, -0.2) is 26.0 Å². The standard InChI is InChI=1S/C13H14O4/c1-16-10-6-4-3-5-9(10)11(14)13(7-8-13)12(15)17-2/h3-6H,7-8H2,1-2H3. The van der Waals surface area contributed by atoms with Crippen LogP contribution in [-0.2, 0) is 9.53 Å². The van der Waals surface area contributed by atoms with Crippen LogP contribution >= 0.6 is 0 Å². The molecule has 1 aromatic carbocycles. The van der Waals surface area contributed by atoms with Crippen molar-refractivity contribution in [1.29, 1.82) is 0 Å². The van der Waals surface area contributed by atoms with Gasteiger partial charge >= 0.3 is 5.97 Å². The fraction of sp³-hybridized carbons (Fsp3) is 0.385. The van der Waals surface area contributed by atoms with Crippen LogP contribution in [0.3, 0.4) is 0 Å². The Morgan fingerprint density at radius 1 is 1.18 bits per heavy atom. The van der Waals surface area contributed by atoms with E-state index in [0.29, 0.717) is 24.2 Å². The number of rotatable bonds is 4. The number of ketones is 1. The van der Waals surface area contributed by atoms with Gasteiger partial charge in [0.05, 0.1) is 19.8 Å². The van der Waals surface area contributed by atoms with E-state index in [1.54, 1.807) is 24.3 Å². The van der Waals surface area contributed by atoms with E-state index in [1.807, 2.05) is 0 Å². The summed E-state index contributed by atoms with van der Waals surface area (Å²) in [6.45, 7) is 0. The van der Waals surface area contributed by atoms with Gasteiger partial charge in [-0.15, -0.1) is 0 Å². The van der Waals surface area contributed by atoms with Gasteiger partial charge in [-0.05, 0) is 25.0 Å². The zero-order valence-electron chi connectivity index (χ0n) is 9.86. The number of carbonyl (C=O) groups is 2. The Labute approximate surface area is 99.5 Å². The lowest BCUT2D eigenvalue weighted by atomic mass is 9.94. The molecule has 0 aromatic heterocycles. The zero-order valence-corrected chi connectivity index (χ0v) is 9.86. The lowest BCUT2D eigenvalue weighted by Crippen LogP contribution is -2.27. The second-order valence-electron chi connectivity index (χ2n) is 4.10. The van der Waals surface area contributed by atoms with Crippen molar-refractivity contribution in [3.8, 4) is 5.75 Å². The van der Waals surface area contributed by atoms with Gasteiger partial charge in [-0.1, -0.05) is 12.1 Å². The number of benzene rings is 1. The van der Waals surface area contributed by atoms with E-state index in [1.165, 1.54) is 14.2 Å². The van der Waals surface area contributed by atoms with E-state index in [-0.39, 0.29) is 5.78 Å². The molecule has 1 fully saturated rings. The first-order chi connectivity index (χ1) is 8.15. The second kappa shape index (κ2) is 4.20. The average molecular weight is 234 g/mol. The maximum atomic E-state index is 12.3. The molecule has 4 nitrogen and oxygen atoms in total. The van der Waals surface area contributed by atoms with Gasteiger partial charge in [0.15, 0.2) is 5.78 Å². The normalized spacial score (nSPS) is 16.1. The average Bonchev–Trinajstić information content (AvgIpc) is 3.18. The molecule has 0 radical (unpaired) electrons. The molecule has 1 aliphatic rings. The van der Waals surface area contributed by atoms with Gasteiger partial charge < -0.3 is 9.47 Å². The zero-order chi connectivity index (χ0) is 12.5. The predicted octanol–water partition coefficient (Wildman–Crippen LogP) is 1.83. The summed E-state index contributed by atoms with van der Waals surface area (Å²) < 4.78 is 9.82. The van der Waals surface area contributed by atoms with Crippen LogP contribution in [0.2, 0.25) is 0 Å². The monoisotopic (exact) mass is 234 g/mol. The van der Waals surface area contributed by atoms with E-state index >= 15 is 0 Å². The minimum atomic E-state index is -0.969. The summed E-state index contributed by atoms with van der Waals surface area (Å²) in [5, 5.41) is 0. The Hall–Kier alpha value is -1.84. The molecule has 0 unspecified atom stereocenters. The third-order valence-electron chi connectivity index (χ3n) is 3.11. The van der Waals surface area contributed by atoms with Crippen LogP contribution in [0.4, 0.5) is 0 Å². The molecule has 0 bridgehead atoms. The molecule has 17 heavy (non-hydrogen) atoms. The van der Waals surface area contributed by atoms with E-state index in [9.17, 15) is 9.59 Å². The SMILES string of the molecule is COC(=O)C1(C(=O)c2ccccc2OC)CC1. The summed E-state index contributed by atoms with van der Waals surface area (Å²) in [7, 11) is 2.81. The number of ether oxygens (including phenoxy) is 2. The number of Topliss-reactive ketones (excluding diaryl/α,β-unsaturated/α-hetero) is 1. The lowest BCUT2D eigenvalue weighted by Gasteiger charge is -2.13. The quantitative estimate of drug-likeness (QED) is 0.453. The van der Waals surface area contributed by atoms with Crippen LogP contribution in [0, 0.1) is 5.41 Å². The van der Waals surface area contributed by atoms with E-state index < -0.39 is 11.4 Å². The van der Waals surface area contributed by atoms with Gasteiger partial charge in [-0.25, -0.2) is 0 Å². The highest BCUT2D eigenvalue weighted by molar-refractivity contribution is 6.15. The van der Waals surface area contributed by atoms with Crippen molar-refractivity contribution < 1.29 is 19.1 Å². The Morgan fingerprint density at radius 2 is 1.82 bits per heavy atom. The fourth-order valence-corrected chi connectivity index (χ4v) is 1.93. The first-order valence-electron chi connectivity index (χ1n) is 5.42. The summed E-state index contributed by atoms with van der Waals surface area (Å²) in [6, 6.07) is 6.92. The largest absolute Gasteiger partial charge is 0.496 e. The van der Waals surface area contributed by atoms with E-state index in [0.717, 1.165) is 0 Å². The highest BCUT2D eigenvalue weighted by Crippen LogP contribution is 2.50. The molecule has 0 atom stereocenters. The first kappa shape index (κ1) is 11.6. The van der Waals surface area contributed by atoms with Crippen LogP contribution in [0.1, 0.15) is 23.2 Å². The third kappa shape index (κ3) is 1.79. The summed E-state index contributed by atoms with van der Waals surface area (Å²) in [5.74, 6) is -0.164. The summed E-state index contributed by atoms with van der Waals surface area (Å²) >= 11 is 0. The molecular formula is C13H14O4. The molecule has 0 N–H and O–H groups in total. The predicted molar refractivity (Wildman–Crippen MR) is 61.0 cm³/mol. The number of para-hydroxylation sites is 1. The molecule has 90 valence electrons. The molecule has 0 aliphatic heterocycles. The van der Waals surface area contributed by atoms with E-state index in [4.69, 9.17) is 9.47 Å². The summed E-state index contributed by atoms with van der Waals surface area (Å²) in [4.78, 5) is 24.0. The molecular weight excluding hydrogens is 220 g/mol. The van der Waals surface area contributed by atoms with Crippen LogP contribution in [0.5, 0.6) is 5.75 Å². The molecule has 0 amide bonds. The fourth-order valence-electron chi connectivity index (χ4n) is 1.93. The minimum Gasteiger partial charge on any atom is -0.496 e. The number of esters is 1. The molecule has 1 aromatic rings. The first-order valence-corrected chi connectivity index (χ1v) is 5.42. The third-order valence-corrected chi connectivity index (χ3v) is 3.11. The number of hydrogen-bond donors (Lipinski definition) is 0. The van der Waals surface area contributed by atoms with E-state index in [2.05, 4.69) is 0 Å². The highest BCUT2D eigenvalue weighted by Gasteiger charge is 2.58. The van der Waals surface area contributed by atoms with Gasteiger partial charge in [0, 0.05) is 0 Å². The van der Waals surface area contributed by atoms with Gasteiger partial charge in [0.1, 0.15) is 11.2 Å². The molecule has 0 spiro atoms. The maximum absolute atomic E-state index is 12.3. The van der Waals surface area contributed by atoms with Gasteiger partial charge in [-0.2, -0.15) is 0 Å². The second-order valence-corrected chi connectivity index (χ2v) is 4.10. The molecule has 2 rings (SSSR count). The van der Waals surface area contributed by atoms with Crippen molar-refractivity contribution in [2.75, 3.05) is 14.2 Å². The van der Waals surface area contributed by atoms with Gasteiger partial charge in [0.2, 0.25) is 0 Å². The lowest BCUT2D eigenvalue weighted by molar-refractivity contribution is -0.145. The summed E-state index contributed by atoms with van der Waals surface area (Å²) in [6.07, 6.45) is 1.10. The minimum absolute atomic E-state index is 0.207. The van der Waals surface area contributed by atoms with Crippen molar-refractivity contribution in [2.45, 2.75) is 12.8 Å². The molecule has 0 heterocycles. The number of hydrogen-bond acceptors (Lipinski definition) is 4. The Balaban J connectivity index is 2.35. The molecule has 1 saturated carbocycles. The maximum Gasteiger partial charge on any atom is 0.319 e. The molecule has 1 aliphatic carbocycles.